The van der Waals surface area contributed by atoms with Gasteiger partial charge in [0.05, 0.1) is 5.56 Å². The van der Waals surface area contributed by atoms with E-state index in [4.69, 9.17) is 11.6 Å². The second kappa shape index (κ2) is 8.99. The standard InChI is InChI=1S/C19H18BrClF2N2O2/c20-14-4-5-17(27-19(22)23)16(11-14)18(26)25-8-6-24(7-9-25)12-13-2-1-3-15(21)10-13/h1-5,10-11,19H,6-9,12H2. The SMILES string of the molecule is O=C(c1cc(Br)ccc1OC(F)F)N1CCN(Cc2cccc(Cl)c2)CC1. The zero-order valence-corrected chi connectivity index (χ0v) is 16.7. The van der Waals surface area contributed by atoms with Crippen molar-refractivity contribution in [2.24, 2.45) is 0 Å². The van der Waals surface area contributed by atoms with E-state index in [9.17, 15) is 13.6 Å². The van der Waals surface area contributed by atoms with Crippen LogP contribution in [0.25, 0.3) is 0 Å². The number of ether oxygens (including phenoxy) is 1. The van der Waals surface area contributed by atoms with E-state index in [0.717, 1.165) is 12.1 Å². The molecule has 27 heavy (non-hydrogen) atoms. The highest BCUT2D eigenvalue weighted by atomic mass is 79.9. The summed E-state index contributed by atoms with van der Waals surface area (Å²) in [7, 11) is 0. The molecule has 8 heteroatoms. The van der Waals surface area contributed by atoms with Crippen molar-refractivity contribution in [2.45, 2.75) is 13.2 Å². The summed E-state index contributed by atoms with van der Waals surface area (Å²) in [5.74, 6) is -0.422. The van der Waals surface area contributed by atoms with E-state index >= 15 is 0 Å². The molecule has 0 spiro atoms. The van der Waals surface area contributed by atoms with Crippen LogP contribution in [0.2, 0.25) is 5.02 Å². The Bertz CT molecular complexity index is 814. The van der Waals surface area contributed by atoms with Crippen LogP contribution in [0.3, 0.4) is 0 Å². The first kappa shape index (κ1) is 20.0. The van der Waals surface area contributed by atoms with Crippen LogP contribution in [0.4, 0.5) is 8.78 Å². The fourth-order valence-corrected chi connectivity index (χ4v) is 3.61. The monoisotopic (exact) mass is 458 g/mol. The smallest absolute Gasteiger partial charge is 0.387 e. The van der Waals surface area contributed by atoms with Gasteiger partial charge in [0.2, 0.25) is 0 Å². The molecule has 1 aliphatic rings. The molecule has 2 aromatic rings. The van der Waals surface area contributed by atoms with Gasteiger partial charge in [0.25, 0.3) is 5.91 Å². The number of amides is 1. The van der Waals surface area contributed by atoms with Gasteiger partial charge in [-0.05, 0) is 35.9 Å². The van der Waals surface area contributed by atoms with Crippen molar-refractivity contribution < 1.29 is 18.3 Å². The molecular formula is C19H18BrClF2N2O2. The van der Waals surface area contributed by atoms with Crippen molar-refractivity contribution >= 4 is 33.4 Å². The lowest BCUT2D eigenvalue weighted by Gasteiger charge is -2.35. The average molecular weight is 460 g/mol. The van der Waals surface area contributed by atoms with E-state index in [-0.39, 0.29) is 17.2 Å². The molecule has 0 N–H and O–H groups in total. The molecule has 0 aliphatic carbocycles. The van der Waals surface area contributed by atoms with Gasteiger partial charge in [-0.2, -0.15) is 8.78 Å². The molecule has 0 unspecified atom stereocenters. The van der Waals surface area contributed by atoms with Gasteiger partial charge in [-0.3, -0.25) is 9.69 Å². The largest absolute Gasteiger partial charge is 0.434 e. The predicted molar refractivity (Wildman–Crippen MR) is 103 cm³/mol. The summed E-state index contributed by atoms with van der Waals surface area (Å²) in [5, 5.41) is 0.697. The Balaban J connectivity index is 1.64. The van der Waals surface area contributed by atoms with Crippen molar-refractivity contribution in [3.63, 3.8) is 0 Å². The molecule has 1 heterocycles. The minimum absolute atomic E-state index is 0.112. The topological polar surface area (TPSA) is 32.8 Å². The van der Waals surface area contributed by atoms with Crippen LogP contribution in [0, 0.1) is 0 Å². The Kier molecular flexibility index (Phi) is 6.68. The number of hydrogen-bond donors (Lipinski definition) is 0. The van der Waals surface area contributed by atoms with E-state index < -0.39 is 6.61 Å². The maximum atomic E-state index is 12.8. The summed E-state index contributed by atoms with van der Waals surface area (Å²) in [4.78, 5) is 16.7. The molecule has 144 valence electrons. The van der Waals surface area contributed by atoms with Gasteiger partial charge >= 0.3 is 6.61 Å². The minimum Gasteiger partial charge on any atom is -0.434 e. The second-order valence-electron chi connectivity index (χ2n) is 6.22. The highest BCUT2D eigenvalue weighted by Gasteiger charge is 2.25. The second-order valence-corrected chi connectivity index (χ2v) is 7.57. The molecule has 0 radical (unpaired) electrons. The first-order valence-corrected chi connectivity index (χ1v) is 9.60. The van der Waals surface area contributed by atoms with Crippen molar-refractivity contribution in [3.8, 4) is 5.75 Å². The Morgan fingerprint density at radius 3 is 2.56 bits per heavy atom. The molecule has 0 saturated carbocycles. The molecule has 0 atom stereocenters. The number of halogens is 4. The number of carbonyl (C=O) groups is 1. The third-order valence-electron chi connectivity index (χ3n) is 4.34. The summed E-state index contributed by atoms with van der Waals surface area (Å²) < 4.78 is 30.4. The van der Waals surface area contributed by atoms with Crippen LogP contribution < -0.4 is 4.74 Å². The van der Waals surface area contributed by atoms with Gasteiger partial charge in [0, 0.05) is 42.2 Å². The molecule has 1 amide bonds. The van der Waals surface area contributed by atoms with Crippen LogP contribution in [0.1, 0.15) is 15.9 Å². The van der Waals surface area contributed by atoms with Gasteiger partial charge in [-0.1, -0.05) is 39.7 Å². The number of hydrogen-bond acceptors (Lipinski definition) is 3. The molecule has 3 rings (SSSR count). The third kappa shape index (κ3) is 5.40. The Labute approximate surface area is 169 Å². The molecule has 0 bridgehead atoms. The Morgan fingerprint density at radius 1 is 1.15 bits per heavy atom. The summed E-state index contributed by atoms with van der Waals surface area (Å²) in [5.41, 5.74) is 1.25. The number of benzene rings is 2. The highest BCUT2D eigenvalue weighted by Crippen LogP contribution is 2.26. The predicted octanol–water partition coefficient (Wildman–Crippen LogP) is 4.66. The van der Waals surface area contributed by atoms with Crippen LogP contribution in [0.5, 0.6) is 5.75 Å². The first-order valence-electron chi connectivity index (χ1n) is 8.43. The van der Waals surface area contributed by atoms with Gasteiger partial charge in [-0.25, -0.2) is 0 Å². The highest BCUT2D eigenvalue weighted by molar-refractivity contribution is 9.10. The molecule has 1 saturated heterocycles. The van der Waals surface area contributed by atoms with E-state index in [1.165, 1.54) is 12.1 Å². The quantitative estimate of drug-likeness (QED) is 0.652. The lowest BCUT2D eigenvalue weighted by atomic mass is 10.1. The van der Waals surface area contributed by atoms with Crippen LogP contribution >= 0.6 is 27.5 Å². The number of carbonyl (C=O) groups excluding carboxylic acids is 1. The minimum atomic E-state index is -2.98. The van der Waals surface area contributed by atoms with E-state index in [1.54, 1.807) is 11.0 Å². The Morgan fingerprint density at radius 2 is 1.89 bits per heavy atom. The number of alkyl halides is 2. The summed E-state index contributed by atoms with van der Waals surface area (Å²) >= 11 is 9.29. The zero-order chi connectivity index (χ0) is 19.4. The van der Waals surface area contributed by atoms with Crippen molar-refractivity contribution in [3.05, 3.63) is 63.1 Å². The third-order valence-corrected chi connectivity index (χ3v) is 5.07. The zero-order valence-electron chi connectivity index (χ0n) is 14.4. The van der Waals surface area contributed by atoms with E-state index in [0.29, 0.717) is 35.7 Å². The molecule has 2 aromatic carbocycles. The van der Waals surface area contributed by atoms with Gasteiger partial charge in [0.15, 0.2) is 0 Å². The number of nitrogens with zero attached hydrogens (tertiary/aromatic N) is 2. The van der Waals surface area contributed by atoms with Gasteiger partial charge in [-0.15, -0.1) is 0 Å². The molecular weight excluding hydrogens is 442 g/mol. The van der Waals surface area contributed by atoms with Gasteiger partial charge < -0.3 is 9.64 Å². The van der Waals surface area contributed by atoms with E-state index in [2.05, 4.69) is 25.6 Å². The molecule has 1 aliphatic heterocycles. The Hall–Kier alpha value is -1.70. The summed E-state index contributed by atoms with van der Waals surface area (Å²) in [6.45, 7) is 0.181. The summed E-state index contributed by atoms with van der Waals surface area (Å²) in [6.07, 6.45) is 0. The van der Waals surface area contributed by atoms with Crippen LogP contribution in [-0.4, -0.2) is 48.5 Å². The fourth-order valence-electron chi connectivity index (χ4n) is 3.04. The maximum absolute atomic E-state index is 12.8. The van der Waals surface area contributed by atoms with E-state index in [1.807, 2.05) is 24.3 Å². The number of piperazine rings is 1. The number of rotatable bonds is 5. The van der Waals surface area contributed by atoms with Crippen molar-refractivity contribution in [2.75, 3.05) is 26.2 Å². The van der Waals surface area contributed by atoms with Crippen LogP contribution in [-0.2, 0) is 6.54 Å². The van der Waals surface area contributed by atoms with Crippen molar-refractivity contribution in [1.29, 1.82) is 0 Å². The molecule has 4 nitrogen and oxygen atoms in total. The first-order chi connectivity index (χ1) is 12.9. The summed E-state index contributed by atoms with van der Waals surface area (Å²) in [6, 6.07) is 12.1. The maximum Gasteiger partial charge on any atom is 0.387 e. The normalized spacial score (nSPS) is 15.2. The average Bonchev–Trinajstić information content (AvgIpc) is 2.63. The van der Waals surface area contributed by atoms with Crippen LogP contribution in [0.15, 0.2) is 46.9 Å². The van der Waals surface area contributed by atoms with Gasteiger partial charge in [0.1, 0.15) is 5.75 Å². The lowest BCUT2D eigenvalue weighted by Crippen LogP contribution is -2.48. The molecule has 0 aromatic heterocycles. The van der Waals surface area contributed by atoms with Crippen molar-refractivity contribution in [1.82, 2.24) is 9.80 Å². The lowest BCUT2D eigenvalue weighted by molar-refractivity contribution is -0.0503. The molecule has 1 fully saturated rings. The fraction of sp³-hybridized carbons (Fsp3) is 0.316.